The lowest BCUT2D eigenvalue weighted by molar-refractivity contribution is -0.117. The van der Waals surface area contributed by atoms with Crippen molar-refractivity contribution in [3.63, 3.8) is 0 Å². The third kappa shape index (κ3) is 3.59. The number of ether oxygens (including phenoxy) is 1. The first-order chi connectivity index (χ1) is 10.0. The van der Waals surface area contributed by atoms with Gasteiger partial charge in [0.15, 0.2) is 0 Å². The zero-order valence-electron chi connectivity index (χ0n) is 11.8. The van der Waals surface area contributed by atoms with Crippen LogP contribution in [0.1, 0.15) is 17.2 Å². The Morgan fingerprint density at radius 1 is 1.43 bits per heavy atom. The van der Waals surface area contributed by atoms with Gasteiger partial charge in [0.05, 0.1) is 19.0 Å². The Kier molecular flexibility index (Phi) is 4.93. The Morgan fingerprint density at radius 2 is 2.19 bits per heavy atom. The van der Waals surface area contributed by atoms with E-state index in [4.69, 9.17) is 10.5 Å². The van der Waals surface area contributed by atoms with Gasteiger partial charge in [0.1, 0.15) is 11.8 Å². The van der Waals surface area contributed by atoms with Crippen LogP contribution in [0, 0.1) is 6.92 Å². The van der Waals surface area contributed by atoms with E-state index in [2.05, 4.69) is 26.2 Å². The summed E-state index contributed by atoms with van der Waals surface area (Å²) in [6.07, 6.45) is 3.26. The van der Waals surface area contributed by atoms with E-state index in [-0.39, 0.29) is 5.91 Å². The molecule has 0 unspecified atom stereocenters. The molecule has 3 N–H and O–H groups in total. The van der Waals surface area contributed by atoms with E-state index >= 15 is 0 Å². The number of benzene rings is 1. The van der Waals surface area contributed by atoms with Crippen LogP contribution in [0.15, 0.2) is 41.1 Å². The second-order valence-electron chi connectivity index (χ2n) is 4.54. The molecular formula is C15H16BrN3O2. The zero-order valence-corrected chi connectivity index (χ0v) is 13.3. The van der Waals surface area contributed by atoms with Crippen molar-refractivity contribution in [2.24, 2.45) is 5.73 Å². The molecule has 0 bridgehead atoms. The third-order valence-electron chi connectivity index (χ3n) is 3.11. The number of anilines is 1. The predicted molar refractivity (Wildman–Crippen MR) is 85.2 cm³/mol. The van der Waals surface area contributed by atoms with Gasteiger partial charge in [0.2, 0.25) is 5.91 Å². The van der Waals surface area contributed by atoms with E-state index in [0.717, 1.165) is 10.0 Å². The summed E-state index contributed by atoms with van der Waals surface area (Å²) in [4.78, 5) is 16.3. The number of nitrogens with two attached hydrogens (primary N) is 1. The standard InChI is InChI=1S/C15H16BrN3O2/c1-9-5-6-18-8-12(9)19-15(20)14(17)11-7-10(16)3-4-13(11)21-2/h3-8,14H,17H2,1-2H3,(H,19,20)/t14-/m1/s1. The van der Waals surface area contributed by atoms with Gasteiger partial charge in [-0.3, -0.25) is 9.78 Å². The number of aromatic nitrogens is 1. The highest BCUT2D eigenvalue weighted by atomic mass is 79.9. The summed E-state index contributed by atoms with van der Waals surface area (Å²) >= 11 is 3.37. The summed E-state index contributed by atoms with van der Waals surface area (Å²) in [6.45, 7) is 1.89. The second kappa shape index (κ2) is 6.69. The van der Waals surface area contributed by atoms with Crippen LogP contribution in [0.3, 0.4) is 0 Å². The number of nitrogens with zero attached hydrogens (tertiary/aromatic N) is 1. The number of carbonyl (C=O) groups is 1. The molecule has 2 aromatic rings. The van der Waals surface area contributed by atoms with Crippen molar-refractivity contribution in [3.8, 4) is 5.75 Å². The molecule has 110 valence electrons. The SMILES string of the molecule is COc1ccc(Br)cc1[C@@H](N)C(=O)Nc1cnccc1C. The maximum atomic E-state index is 12.3. The number of hydrogen-bond donors (Lipinski definition) is 2. The first-order valence-electron chi connectivity index (χ1n) is 6.33. The minimum absolute atomic E-state index is 0.317. The number of methoxy groups -OCH3 is 1. The summed E-state index contributed by atoms with van der Waals surface area (Å²) < 4.78 is 6.08. The Hall–Kier alpha value is -1.92. The normalized spacial score (nSPS) is 11.8. The number of rotatable bonds is 4. The Balaban J connectivity index is 2.24. The highest BCUT2D eigenvalue weighted by Gasteiger charge is 2.20. The largest absolute Gasteiger partial charge is 0.496 e. The van der Waals surface area contributed by atoms with Gasteiger partial charge < -0.3 is 15.8 Å². The van der Waals surface area contributed by atoms with Crippen LogP contribution < -0.4 is 15.8 Å². The summed E-state index contributed by atoms with van der Waals surface area (Å²) in [7, 11) is 1.54. The number of nitrogens with one attached hydrogen (secondary N) is 1. The number of amides is 1. The van der Waals surface area contributed by atoms with Gasteiger partial charge in [-0.05, 0) is 36.8 Å². The van der Waals surface area contributed by atoms with Gasteiger partial charge in [-0.2, -0.15) is 0 Å². The van der Waals surface area contributed by atoms with Crippen molar-refractivity contribution in [1.29, 1.82) is 0 Å². The smallest absolute Gasteiger partial charge is 0.246 e. The molecule has 0 saturated carbocycles. The van der Waals surface area contributed by atoms with Gasteiger partial charge in [0.25, 0.3) is 0 Å². The van der Waals surface area contributed by atoms with Crippen molar-refractivity contribution < 1.29 is 9.53 Å². The second-order valence-corrected chi connectivity index (χ2v) is 5.46. The fourth-order valence-electron chi connectivity index (χ4n) is 1.89. The molecule has 0 aliphatic heterocycles. The van der Waals surface area contributed by atoms with Crippen LogP contribution in [0.25, 0.3) is 0 Å². The van der Waals surface area contributed by atoms with Crippen molar-refractivity contribution in [2.45, 2.75) is 13.0 Å². The fraction of sp³-hybridized carbons (Fsp3) is 0.200. The van der Waals surface area contributed by atoms with Gasteiger partial charge in [-0.15, -0.1) is 0 Å². The van der Waals surface area contributed by atoms with Crippen LogP contribution in [-0.4, -0.2) is 18.0 Å². The van der Waals surface area contributed by atoms with E-state index in [1.54, 1.807) is 31.6 Å². The average molecular weight is 350 g/mol. The van der Waals surface area contributed by atoms with Crippen molar-refractivity contribution in [1.82, 2.24) is 4.98 Å². The molecule has 1 aromatic heterocycles. The van der Waals surface area contributed by atoms with Crippen LogP contribution in [0.5, 0.6) is 5.75 Å². The maximum Gasteiger partial charge on any atom is 0.246 e. The fourth-order valence-corrected chi connectivity index (χ4v) is 2.27. The minimum atomic E-state index is -0.836. The quantitative estimate of drug-likeness (QED) is 0.889. The molecule has 1 amide bonds. The molecule has 0 aliphatic carbocycles. The first-order valence-corrected chi connectivity index (χ1v) is 7.12. The van der Waals surface area contributed by atoms with Crippen molar-refractivity contribution >= 4 is 27.5 Å². The molecule has 0 aliphatic rings. The lowest BCUT2D eigenvalue weighted by Crippen LogP contribution is -2.28. The predicted octanol–water partition coefficient (Wildman–Crippen LogP) is 2.80. The van der Waals surface area contributed by atoms with Gasteiger partial charge in [0, 0.05) is 16.2 Å². The van der Waals surface area contributed by atoms with Gasteiger partial charge in [-0.25, -0.2) is 0 Å². The summed E-state index contributed by atoms with van der Waals surface area (Å²) in [6, 6.07) is 6.36. The molecule has 1 atom stereocenters. The molecule has 0 spiro atoms. The Labute approximate surface area is 131 Å². The molecule has 2 rings (SSSR count). The van der Waals surface area contributed by atoms with E-state index in [1.165, 1.54) is 0 Å². The molecule has 21 heavy (non-hydrogen) atoms. The van der Waals surface area contributed by atoms with E-state index < -0.39 is 6.04 Å². The number of carbonyl (C=O) groups excluding carboxylic acids is 1. The molecule has 0 saturated heterocycles. The van der Waals surface area contributed by atoms with E-state index in [0.29, 0.717) is 17.0 Å². The molecule has 0 radical (unpaired) electrons. The minimum Gasteiger partial charge on any atom is -0.496 e. The maximum absolute atomic E-state index is 12.3. The third-order valence-corrected chi connectivity index (χ3v) is 3.60. The molecule has 1 heterocycles. The van der Waals surface area contributed by atoms with E-state index in [9.17, 15) is 4.79 Å². The summed E-state index contributed by atoms with van der Waals surface area (Å²) in [5.74, 6) is 0.256. The lowest BCUT2D eigenvalue weighted by atomic mass is 10.1. The zero-order chi connectivity index (χ0) is 15.4. The Bertz CT molecular complexity index is 661. The number of halogens is 1. The molecular weight excluding hydrogens is 334 g/mol. The van der Waals surface area contributed by atoms with Crippen LogP contribution in [0.2, 0.25) is 0 Å². The molecule has 5 nitrogen and oxygen atoms in total. The summed E-state index contributed by atoms with van der Waals surface area (Å²) in [5, 5.41) is 2.78. The number of pyridine rings is 1. The topological polar surface area (TPSA) is 77.2 Å². The highest BCUT2D eigenvalue weighted by Crippen LogP contribution is 2.28. The van der Waals surface area contributed by atoms with Crippen LogP contribution in [-0.2, 0) is 4.79 Å². The number of aryl methyl sites for hydroxylation is 1. The highest BCUT2D eigenvalue weighted by molar-refractivity contribution is 9.10. The molecule has 1 aromatic carbocycles. The average Bonchev–Trinajstić information content (AvgIpc) is 2.48. The van der Waals surface area contributed by atoms with Gasteiger partial charge in [-0.1, -0.05) is 15.9 Å². The van der Waals surface area contributed by atoms with Gasteiger partial charge >= 0.3 is 0 Å². The van der Waals surface area contributed by atoms with E-state index in [1.807, 2.05) is 19.1 Å². The Morgan fingerprint density at radius 3 is 2.86 bits per heavy atom. The van der Waals surface area contributed by atoms with Crippen molar-refractivity contribution in [2.75, 3.05) is 12.4 Å². The lowest BCUT2D eigenvalue weighted by Gasteiger charge is -2.16. The van der Waals surface area contributed by atoms with Crippen LogP contribution in [0.4, 0.5) is 5.69 Å². The first kappa shape index (κ1) is 15.5. The van der Waals surface area contributed by atoms with Crippen LogP contribution >= 0.6 is 15.9 Å². The number of hydrogen-bond acceptors (Lipinski definition) is 4. The molecule has 0 fully saturated rings. The molecule has 6 heteroatoms. The van der Waals surface area contributed by atoms with Crippen molar-refractivity contribution in [3.05, 3.63) is 52.3 Å². The monoisotopic (exact) mass is 349 g/mol. The summed E-state index contributed by atoms with van der Waals surface area (Å²) in [5.41, 5.74) is 8.23.